The lowest BCUT2D eigenvalue weighted by molar-refractivity contribution is 0.132. The van der Waals surface area contributed by atoms with E-state index in [4.69, 9.17) is 0 Å². The number of aromatic nitrogens is 1. The van der Waals surface area contributed by atoms with Gasteiger partial charge in [0.25, 0.3) is 0 Å². The van der Waals surface area contributed by atoms with Crippen molar-refractivity contribution >= 4 is 15.9 Å². The Bertz CT molecular complexity index is 652. The number of aromatic hydroxyl groups is 1. The Labute approximate surface area is 145 Å². The fourth-order valence-corrected chi connectivity index (χ4v) is 3.20. The maximum absolute atomic E-state index is 10.3. The lowest BCUT2D eigenvalue weighted by Gasteiger charge is -2.33. The van der Waals surface area contributed by atoms with E-state index in [-0.39, 0.29) is 5.75 Å². The molecule has 0 spiro atoms. The Morgan fingerprint density at radius 1 is 1.09 bits per heavy atom. The standard InChI is InChI=1S/C18H22BrN3O/c1-2-21-7-9-22(10-8-21)13-14-11-17(23)18(20-12-14)15-3-5-16(19)6-4-15/h3-6,11-12,23H,2,7-10,13H2,1H3. The number of hydrogen-bond donors (Lipinski definition) is 1. The van der Waals surface area contributed by atoms with Gasteiger partial charge in [0.2, 0.25) is 0 Å². The molecule has 2 heterocycles. The zero-order valence-electron chi connectivity index (χ0n) is 13.4. The Hall–Kier alpha value is -1.43. The first-order valence-corrected chi connectivity index (χ1v) is 8.83. The molecule has 1 saturated heterocycles. The van der Waals surface area contributed by atoms with Gasteiger partial charge in [-0.3, -0.25) is 9.88 Å². The summed E-state index contributed by atoms with van der Waals surface area (Å²) in [5.74, 6) is 0.247. The molecule has 1 fully saturated rings. The van der Waals surface area contributed by atoms with E-state index < -0.39 is 0 Å². The Balaban J connectivity index is 1.68. The van der Waals surface area contributed by atoms with Gasteiger partial charge in [-0.1, -0.05) is 35.0 Å². The molecule has 4 nitrogen and oxygen atoms in total. The Morgan fingerprint density at radius 2 is 1.74 bits per heavy atom. The second-order valence-corrected chi connectivity index (χ2v) is 6.84. The molecule has 0 bridgehead atoms. The van der Waals surface area contributed by atoms with Crippen LogP contribution in [0.25, 0.3) is 11.3 Å². The molecule has 1 aliphatic heterocycles. The van der Waals surface area contributed by atoms with Crippen LogP contribution in [-0.2, 0) is 6.54 Å². The van der Waals surface area contributed by atoms with E-state index in [0.717, 1.165) is 54.9 Å². The molecule has 0 atom stereocenters. The molecule has 3 rings (SSSR count). The highest BCUT2D eigenvalue weighted by Gasteiger charge is 2.16. The molecule has 2 aromatic rings. The molecular weight excluding hydrogens is 354 g/mol. The lowest BCUT2D eigenvalue weighted by atomic mass is 10.1. The molecule has 0 saturated carbocycles. The summed E-state index contributed by atoms with van der Waals surface area (Å²) in [6.45, 7) is 8.56. The highest BCUT2D eigenvalue weighted by Crippen LogP contribution is 2.28. The van der Waals surface area contributed by atoms with Crippen LogP contribution in [0.3, 0.4) is 0 Å². The van der Waals surface area contributed by atoms with Crippen molar-refractivity contribution in [2.75, 3.05) is 32.7 Å². The molecule has 1 aliphatic rings. The molecule has 1 aromatic carbocycles. The SMILES string of the molecule is CCN1CCN(Cc2cnc(-c3ccc(Br)cc3)c(O)c2)CC1. The van der Waals surface area contributed by atoms with Gasteiger partial charge in [-0.2, -0.15) is 0 Å². The Morgan fingerprint density at radius 3 is 2.35 bits per heavy atom. The van der Waals surface area contributed by atoms with Crippen molar-refractivity contribution in [1.82, 2.24) is 14.8 Å². The number of pyridine rings is 1. The molecule has 1 aromatic heterocycles. The molecule has 1 N–H and O–H groups in total. The summed E-state index contributed by atoms with van der Waals surface area (Å²) in [4.78, 5) is 9.35. The van der Waals surface area contributed by atoms with Gasteiger partial charge in [0.1, 0.15) is 11.4 Å². The summed E-state index contributed by atoms with van der Waals surface area (Å²) in [5.41, 5.74) is 2.62. The number of benzene rings is 1. The first-order chi connectivity index (χ1) is 11.2. The summed E-state index contributed by atoms with van der Waals surface area (Å²) in [7, 11) is 0. The van der Waals surface area contributed by atoms with E-state index in [1.54, 1.807) is 0 Å². The van der Waals surface area contributed by atoms with Gasteiger partial charge in [-0.15, -0.1) is 0 Å². The fraction of sp³-hybridized carbons (Fsp3) is 0.389. The summed E-state index contributed by atoms with van der Waals surface area (Å²) in [6.07, 6.45) is 1.88. The second-order valence-electron chi connectivity index (χ2n) is 5.93. The quantitative estimate of drug-likeness (QED) is 0.889. The predicted molar refractivity (Wildman–Crippen MR) is 96.4 cm³/mol. The summed E-state index contributed by atoms with van der Waals surface area (Å²) >= 11 is 3.42. The van der Waals surface area contributed by atoms with Gasteiger partial charge in [0.15, 0.2) is 0 Å². The molecule has 5 heteroatoms. The highest BCUT2D eigenvalue weighted by atomic mass is 79.9. The van der Waals surface area contributed by atoms with Crippen LogP contribution in [0.4, 0.5) is 0 Å². The van der Waals surface area contributed by atoms with Crippen molar-refractivity contribution in [3.05, 3.63) is 46.6 Å². The van der Waals surface area contributed by atoms with Crippen LogP contribution < -0.4 is 0 Å². The molecule has 0 unspecified atom stereocenters. The minimum absolute atomic E-state index is 0.247. The third-order valence-electron chi connectivity index (χ3n) is 4.36. The smallest absolute Gasteiger partial charge is 0.142 e. The molecule has 23 heavy (non-hydrogen) atoms. The van der Waals surface area contributed by atoms with Crippen molar-refractivity contribution in [2.24, 2.45) is 0 Å². The van der Waals surface area contributed by atoms with Gasteiger partial charge in [0, 0.05) is 49.0 Å². The van der Waals surface area contributed by atoms with E-state index in [9.17, 15) is 5.11 Å². The van der Waals surface area contributed by atoms with E-state index in [1.807, 2.05) is 36.5 Å². The van der Waals surface area contributed by atoms with Crippen LogP contribution in [0.2, 0.25) is 0 Å². The minimum Gasteiger partial charge on any atom is -0.506 e. The first-order valence-electron chi connectivity index (χ1n) is 8.04. The fourth-order valence-electron chi connectivity index (χ4n) is 2.93. The van der Waals surface area contributed by atoms with E-state index in [2.05, 4.69) is 37.6 Å². The zero-order valence-corrected chi connectivity index (χ0v) is 15.0. The van der Waals surface area contributed by atoms with Gasteiger partial charge in [-0.25, -0.2) is 0 Å². The van der Waals surface area contributed by atoms with Gasteiger partial charge in [-0.05, 0) is 30.3 Å². The largest absolute Gasteiger partial charge is 0.506 e. The summed E-state index contributed by atoms with van der Waals surface area (Å²) in [6, 6.07) is 9.66. The van der Waals surface area contributed by atoms with Gasteiger partial charge < -0.3 is 10.0 Å². The molecule has 0 amide bonds. The number of likely N-dealkylation sites (N-methyl/N-ethyl adjacent to an activating group) is 1. The monoisotopic (exact) mass is 375 g/mol. The number of halogens is 1. The van der Waals surface area contributed by atoms with Crippen LogP contribution in [0.5, 0.6) is 5.75 Å². The average molecular weight is 376 g/mol. The topological polar surface area (TPSA) is 39.6 Å². The van der Waals surface area contributed by atoms with Gasteiger partial charge >= 0.3 is 0 Å². The van der Waals surface area contributed by atoms with Gasteiger partial charge in [0.05, 0.1) is 0 Å². The van der Waals surface area contributed by atoms with Crippen LogP contribution in [0, 0.1) is 0 Å². The zero-order chi connectivity index (χ0) is 16.2. The maximum Gasteiger partial charge on any atom is 0.142 e. The van der Waals surface area contributed by atoms with Crippen molar-refractivity contribution in [3.8, 4) is 17.0 Å². The van der Waals surface area contributed by atoms with Crippen molar-refractivity contribution in [3.63, 3.8) is 0 Å². The molecule has 0 aliphatic carbocycles. The number of piperazine rings is 1. The highest BCUT2D eigenvalue weighted by molar-refractivity contribution is 9.10. The first kappa shape index (κ1) is 16.4. The average Bonchev–Trinajstić information content (AvgIpc) is 2.57. The van der Waals surface area contributed by atoms with Crippen LogP contribution in [0.1, 0.15) is 12.5 Å². The summed E-state index contributed by atoms with van der Waals surface area (Å²) < 4.78 is 1.02. The summed E-state index contributed by atoms with van der Waals surface area (Å²) in [5, 5.41) is 10.3. The lowest BCUT2D eigenvalue weighted by Crippen LogP contribution is -2.45. The van der Waals surface area contributed by atoms with E-state index in [0.29, 0.717) is 5.69 Å². The number of hydrogen-bond acceptors (Lipinski definition) is 4. The Kier molecular flexibility index (Phi) is 5.30. The van der Waals surface area contributed by atoms with Crippen molar-refractivity contribution < 1.29 is 5.11 Å². The maximum atomic E-state index is 10.3. The molecular formula is C18H22BrN3O. The normalized spacial score (nSPS) is 16.6. The molecule has 122 valence electrons. The third kappa shape index (κ3) is 4.10. The van der Waals surface area contributed by atoms with Crippen molar-refractivity contribution in [1.29, 1.82) is 0 Å². The number of nitrogens with zero attached hydrogens (tertiary/aromatic N) is 3. The van der Waals surface area contributed by atoms with E-state index >= 15 is 0 Å². The molecule has 0 radical (unpaired) electrons. The minimum atomic E-state index is 0.247. The number of rotatable bonds is 4. The van der Waals surface area contributed by atoms with Crippen LogP contribution in [0.15, 0.2) is 41.0 Å². The van der Waals surface area contributed by atoms with Crippen LogP contribution in [-0.4, -0.2) is 52.6 Å². The predicted octanol–water partition coefficient (Wildman–Crippen LogP) is 3.35. The second kappa shape index (κ2) is 7.43. The van der Waals surface area contributed by atoms with E-state index in [1.165, 1.54) is 0 Å². The third-order valence-corrected chi connectivity index (χ3v) is 4.89. The van der Waals surface area contributed by atoms with Crippen molar-refractivity contribution in [2.45, 2.75) is 13.5 Å². The van der Waals surface area contributed by atoms with Crippen LogP contribution >= 0.6 is 15.9 Å².